The average molecular weight is 320 g/mol. The van der Waals surface area contributed by atoms with Crippen LogP contribution in [0.3, 0.4) is 0 Å². The van der Waals surface area contributed by atoms with Gasteiger partial charge in [0.05, 0.1) is 11.0 Å². The maximum atomic E-state index is 4.72. The molecule has 2 heterocycles. The van der Waals surface area contributed by atoms with Gasteiger partial charge in [0, 0.05) is 13.6 Å². The number of hydrogen-bond donors (Lipinski definition) is 0. The van der Waals surface area contributed by atoms with Crippen molar-refractivity contribution >= 4 is 27.0 Å². The Balaban J connectivity index is 2.36. The molecule has 0 radical (unpaired) electrons. The second-order valence-electron chi connectivity index (χ2n) is 4.52. The standard InChI is InChI=1S/C13H14BrN5/c1-4-19-10-7-8(2)5-6-9(10)15-13(19)11-12(14)16-17-18(11)3/h5-7H,4H2,1-3H3. The summed E-state index contributed by atoms with van der Waals surface area (Å²) in [5.41, 5.74) is 4.27. The van der Waals surface area contributed by atoms with Crippen LogP contribution in [0, 0.1) is 6.92 Å². The third-order valence-electron chi connectivity index (χ3n) is 3.22. The highest BCUT2D eigenvalue weighted by Crippen LogP contribution is 2.29. The zero-order chi connectivity index (χ0) is 13.6. The largest absolute Gasteiger partial charge is 0.323 e. The van der Waals surface area contributed by atoms with Gasteiger partial charge in [0.15, 0.2) is 10.4 Å². The molecule has 0 saturated heterocycles. The summed E-state index contributed by atoms with van der Waals surface area (Å²) in [5.74, 6) is 0.891. The molecule has 6 heteroatoms. The first-order valence-electron chi connectivity index (χ1n) is 6.14. The van der Waals surface area contributed by atoms with Gasteiger partial charge >= 0.3 is 0 Å². The molecule has 2 aromatic heterocycles. The molecule has 1 aromatic carbocycles. The van der Waals surface area contributed by atoms with Crippen molar-refractivity contribution in [2.45, 2.75) is 20.4 Å². The van der Waals surface area contributed by atoms with Crippen molar-refractivity contribution in [2.75, 3.05) is 0 Å². The van der Waals surface area contributed by atoms with Crippen molar-refractivity contribution in [1.82, 2.24) is 24.5 Å². The van der Waals surface area contributed by atoms with E-state index in [-0.39, 0.29) is 0 Å². The lowest BCUT2D eigenvalue weighted by atomic mass is 10.2. The molecular weight excluding hydrogens is 306 g/mol. The molecule has 98 valence electrons. The first-order chi connectivity index (χ1) is 9.11. The summed E-state index contributed by atoms with van der Waals surface area (Å²) in [4.78, 5) is 4.72. The second kappa shape index (κ2) is 4.45. The fourth-order valence-electron chi connectivity index (χ4n) is 2.30. The van der Waals surface area contributed by atoms with E-state index in [1.54, 1.807) is 4.68 Å². The fraction of sp³-hybridized carbons (Fsp3) is 0.308. The lowest BCUT2D eigenvalue weighted by molar-refractivity contribution is 0.707. The number of fused-ring (bicyclic) bond motifs is 1. The van der Waals surface area contributed by atoms with Crippen LogP contribution in [0.5, 0.6) is 0 Å². The topological polar surface area (TPSA) is 48.5 Å². The fourth-order valence-corrected chi connectivity index (χ4v) is 2.81. The molecule has 0 unspecified atom stereocenters. The summed E-state index contributed by atoms with van der Waals surface area (Å²) < 4.78 is 4.65. The third-order valence-corrected chi connectivity index (χ3v) is 3.75. The summed E-state index contributed by atoms with van der Waals surface area (Å²) in [5, 5.41) is 8.05. The molecule has 0 aliphatic rings. The van der Waals surface area contributed by atoms with E-state index in [1.807, 2.05) is 7.05 Å². The van der Waals surface area contributed by atoms with Crippen LogP contribution in [0.2, 0.25) is 0 Å². The number of hydrogen-bond acceptors (Lipinski definition) is 3. The Labute approximate surface area is 119 Å². The van der Waals surface area contributed by atoms with E-state index < -0.39 is 0 Å². The number of nitrogens with zero attached hydrogens (tertiary/aromatic N) is 5. The molecule has 0 saturated carbocycles. The van der Waals surface area contributed by atoms with Gasteiger partial charge < -0.3 is 4.57 Å². The normalized spacial score (nSPS) is 11.4. The van der Waals surface area contributed by atoms with Gasteiger partial charge in [-0.25, -0.2) is 9.67 Å². The smallest absolute Gasteiger partial charge is 0.162 e. The van der Waals surface area contributed by atoms with Gasteiger partial charge in [0.1, 0.15) is 5.69 Å². The zero-order valence-corrected chi connectivity index (χ0v) is 12.6. The van der Waals surface area contributed by atoms with Crippen LogP contribution in [0.4, 0.5) is 0 Å². The van der Waals surface area contributed by atoms with Crippen LogP contribution in [0.15, 0.2) is 22.8 Å². The Hall–Kier alpha value is -1.69. The monoisotopic (exact) mass is 319 g/mol. The van der Waals surface area contributed by atoms with E-state index >= 15 is 0 Å². The molecule has 0 spiro atoms. The predicted molar refractivity (Wildman–Crippen MR) is 77.8 cm³/mol. The number of imidazole rings is 1. The molecule has 0 N–H and O–H groups in total. The molecule has 0 amide bonds. The van der Waals surface area contributed by atoms with Crippen LogP contribution in [-0.4, -0.2) is 24.5 Å². The first kappa shape index (κ1) is 12.3. The average Bonchev–Trinajstić information content (AvgIpc) is 2.89. The molecule has 0 aliphatic carbocycles. The van der Waals surface area contributed by atoms with Crippen molar-refractivity contribution in [1.29, 1.82) is 0 Å². The van der Waals surface area contributed by atoms with Crippen molar-refractivity contribution in [2.24, 2.45) is 7.05 Å². The molecular formula is C13H14BrN5. The van der Waals surface area contributed by atoms with E-state index in [0.29, 0.717) is 0 Å². The van der Waals surface area contributed by atoms with Crippen molar-refractivity contribution in [3.63, 3.8) is 0 Å². The number of benzene rings is 1. The summed E-state index contributed by atoms with van der Waals surface area (Å²) in [6.07, 6.45) is 0. The Kier molecular flexibility index (Phi) is 2.89. The van der Waals surface area contributed by atoms with Crippen molar-refractivity contribution in [3.05, 3.63) is 28.4 Å². The van der Waals surface area contributed by atoms with Crippen molar-refractivity contribution in [3.8, 4) is 11.5 Å². The van der Waals surface area contributed by atoms with Crippen LogP contribution in [0.1, 0.15) is 12.5 Å². The summed E-state index contributed by atoms with van der Waals surface area (Å²) >= 11 is 3.44. The summed E-state index contributed by atoms with van der Waals surface area (Å²) in [7, 11) is 1.87. The van der Waals surface area contributed by atoms with Crippen LogP contribution >= 0.6 is 15.9 Å². The Bertz CT molecular complexity index is 736. The molecule has 0 atom stereocenters. The highest BCUT2D eigenvalue weighted by Gasteiger charge is 2.18. The minimum absolute atomic E-state index is 0.719. The Morgan fingerprint density at radius 3 is 2.74 bits per heavy atom. The summed E-state index contributed by atoms with van der Waals surface area (Å²) in [6.45, 7) is 5.06. The van der Waals surface area contributed by atoms with E-state index in [2.05, 4.69) is 62.9 Å². The number of aryl methyl sites for hydroxylation is 3. The lowest BCUT2D eigenvalue weighted by Gasteiger charge is -2.06. The minimum atomic E-state index is 0.719. The molecule has 3 rings (SSSR count). The van der Waals surface area contributed by atoms with Crippen LogP contribution < -0.4 is 0 Å². The SMILES string of the molecule is CCn1c(-c2c(Br)nnn2C)nc2ccc(C)cc21. The highest BCUT2D eigenvalue weighted by atomic mass is 79.9. The molecule has 0 bridgehead atoms. The van der Waals surface area contributed by atoms with Crippen LogP contribution in [0.25, 0.3) is 22.6 Å². The van der Waals surface area contributed by atoms with Gasteiger partial charge in [-0.2, -0.15) is 0 Å². The zero-order valence-electron chi connectivity index (χ0n) is 11.1. The van der Waals surface area contributed by atoms with Gasteiger partial charge in [-0.3, -0.25) is 0 Å². The maximum absolute atomic E-state index is 4.72. The lowest BCUT2D eigenvalue weighted by Crippen LogP contribution is -2.02. The van der Waals surface area contributed by atoms with Gasteiger partial charge in [-0.05, 0) is 47.5 Å². The Morgan fingerprint density at radius 1 is 1.32 bits per heavy atom. The second-order valence-corrected chi connectivity index (χ2v) is 5.28. The quantitative estimate of drug-likeness (QED) is 0.729. The van der Waals surface area contributed by atoms with E-state index in [1.165, 1.54) is 5.56 Å². The number of aromatic nitrogens is 5. The minimum Gasteiger partial charge on any atom is -0.323 e. The van der Waals surface area contributed by atoms with Gasteiger partial charge in [0.25, 0.3) is 0 Å². The van der Waals surface area contributed by atoms with Crippen molar-refractivity contribution < 1.29 is 0 Å². The van der Waals surface area contributed by atoms with Crippen LogP contribution in [-0.2, 0) is 13.6 Å². The molecule has 19 heavy (non-hydrogen) atoms. The summed E-state index contributed by atoms with van der Waals surface area (Å²) in [6, 6.07) is 6.29. The maximum Gasteiger partial charge on any atom is 0.162 e. The van der Waals surface area contributed by atoms with E-state index in [4.69, 9.17) is 4.98 Å². The molecule has 3 aromatic rings. The third kappa shape index (κ3) is 1.87. The number of halogens is 1. The highest BCUT2D eigenvalue weighted by molar-refractivity contribution is 9.10. The van der Waals surface area contributed by atoms with Gasteiger partial charge in [-0.15, -0.1) is 5.10 Å². The molecule has 5 nitrogen and oxygen atoms in total. The van der Waals surface area contributed by atoms with Gasteiger partial charge in [-0.1, -0.05) is 11.3 Å². The van der Waals surface area contributed by atoms with E-state index in [9.17, 15) is 0 Å². The van der Waals surface area contributed by atoms with E-state index in [0.717, 1.165) is 33.7 Å². The predicted octanol–water partition coefficient (Wildman–Crippen LogP) is 2.92. The first-order valence-corrected chi connectivity index (χ1v) is 6.93. The van der Waals surface area contributed by atoms with Gasteiger partial charge in [0.2, 0.25) is 0 Å². The molecule has 0 fully saturated rings. The number of rotatable bonds is 2. The Morgan fingerprint density at radius 2 is 2.11 bits per heavy atom. The molecule has 0 aliphatic heterocycles.